The molecule has 2 atom stereocenters. The number of carbonyl (C=O) groups is 1. The van der Waals surface area contributed by atoms with Crippen LogP contribution in [0.2, 0.25) is 0 Å². The van der Waals surface area contributed by atoms with Gasteiger partial charge in [0.25, 0.3) is 0 Å². The van der Waals surface area contributed by atoms with Crippen molar-refractivity contribution in [1.29, 1.82) is 0 Å². The highest BCUT2D eigenvalue weighted by Crippen LogP contribution is 2.23. The molecule has 4 nitrogen and oxygen atoms in total. The van der Waals surface area contributed by atoms with E-state index in [2.05, 4.69) is 11.6 Å². The molecule has 0 aromatic carbocycles. The second-order valence-corrected chi connectivity index (χ2v) is 3.24. The number of nitrogens with zero attached hydrogens (tertiary/aromatic N) is 1. The van der Waals surface area contributed by atoms with Crippen LogP contribution in [0.15, 0.2) is 37.2 Å². The highest BCUT2D eigenvalue weighted by Gasteiger charge is 2.26. The van der Waals surface area contributed by atoms with Crippen molar-refractivity contribution < 1.29 is 14.6 Å². The van der Waals surface area contributed by atoms with E-state index < -0.39 is 18.0 Å². The number of ether oxygens (including phenoxy) is 1. The maximum Gasteiger partial charge on any atom is 0.315 e. The highest BCUT2D eigenvalue weighted by atomic mass is 16.5. The van der Waals surface area contributed by atoms with Crippen LogP contribution in [0.25, 0.3) is 0 Å². The monoisotopic (exact) mass is 221 g/mol. The molecule has 1 aromatic rings. The molecule has 0 unspecified atom stereocenters. The molecule has 0 aliphatic heterocycles. The van der Waals surface area contributed by atoms with Gasteiger partial charge in [0.1, 0.15) is 5.92 Å². The van der Waals surface area contributed by atoms with Crippen LogP contribution in [-0.4, -0.2) is 22.7 Å². The summed E-state index contributed by atoms with van der Waals surface area (Å²) < 4.78 is 4.85. The third kappa shape index (κ3) is 2.90. The first-order valence-corrected chi connectivity index (χ1v) is 5.07. The summed E-state index contributed by atoms with van der Waals surface area (Å²) in [5.41, 5.74) is 0.570. The summed E-state index contributed by atoms with van der Waals surface area (Å²) in [7, 11) is 0. The number of hydrogen-bond acceptors (Lipinski definition) is 4. The summed E-state index contributed by atoms with van der Waals surface area (Å²) >= 11 is 0. The molecule has 16 heavy (non-hydrogen) atoms. The van der Waals surface area contributed by atoms with E-state index in [0.717, 1.165) is 0 Å². The Hall–Kier alpha value is -1.68. The first-order valence-electron chi connectivity index (χ1n) is 5.07. The van der Waals surface area contributed by atoms with Crippen molar-refractivity contribution in [3.63, 3.8) is 0 Å². The quantitative estimate of drug-likeness (QED) is 0.604. The number of pyridine rings is 1. The summed E-state index contributed by atoms with van der Waals surface area (Å²) in [5, 5.41) is 9.97. The number of aliphatic hydroxyl groups excluding tert-OH is 1. The molecular formula is C12H15NO3. The average Bonchev–Trinajstić information content (AvgIpc) is 2.31. The van der Waals surface area contributed by atoms with Crippen LogP contribution in [0.5, 0.6) is 0 Å². The predicted octanol–water partition coefficient (Wildman–Crippen LogP) is 1.48. The van der Waals surface area contributed by atoms with E-state index in [1.54, 1.807) is 25.3 Å². The zero-order chi connectivity index (χ0) is 12.0. The standard InChI is InChI=1S/C12H15NO3/c1-3-10(12(15)16-4-2)11(14)9-6-5-7-13-8-9/h3,5-8,10-11,14H,1,4H2,2H3/t10-,11+/m1/s1. The van der Waals surface area contributed by atoms with Gasteiger partial charge in [-0.25, -0.2) is 0 Å². The van der Waals surface area contributed by atoms with Crippen LogP contribution in [0.3, 0.4) is 0 Å². The molecule has 0 saturated heterocycles. The Morgan fingerprint density at radius 2 is 2.50 bits per heavy atom. The van der Waals surface area contributed by atoms with E-state index in [-0.39, 0.29) is 6.61 Å². The van der Waals surface area contributed by atoms with Gasteiger partial charge in [-0.05, 0) is 18.6 Å². The largest absolute Gasteiger partial charge is 0.465 e. The molecule has 0 aliphatic carbocycles. The number of aromatic nitrogens is 1. The number of hydrogen-bond donors (Lipinski definition) is 1. The van der Waals surface area contributed by atoms with Gasteiger partial charge in [0.15, 0.2) is 0 Å². The maximum atomic E-state index is 11.5. The molecule has 1 heterocycles. The number of aliphatic hydroxyl groups is 1. The van der Waals surface area contributed by atoms with Crippen molar-refractivity contribution in [2.45, 2.75) is 13.0 Å². The molecule has 0 radical (unpaired) electrons. The predicted molar refractivity (Wildman–Crippen MR) is 59.5 cm³/mol. The third-order valence-corrected chi connectivity index (χ3v) is 2.18. The molecule has 1 rings (SSSR count). The summed E-state index contributed by atoms with van der Waals surface area (Å²) in [6.07, 6.45) is 3.53. The van der Waals surface area contributed by atoms with Gasteiger partial charge in [-0.15, -0.1) is 6.58 Å². The highest BCUT2D eigenvalue weighted by molar-refractivity contribution is 5.75. The molecule has 0 spiro atoms. The maximum absolute atomic E-state index is 11.5. The molecule has 0 bridgehead atoms. The Morgan fingerprint density at radius 3 is 3.00 bits per heavy atom. The van der Waals surface area contributed by atoms with Crippen LogP contribution in [-0.2, 0) is 9.53 Å². The zero-order valence-corrected chi connectivity index (χ0v) is 9.17. The minimum absolute atomic E-state index is 0.281. The lowest BCUT2D eigenvalue weighted by atomic mass is 9.97. The van der Waals surface area contributed by atoms with Crippen molar-refractivity contribution in [2.75, 3.05) is 6.61 Å². The van der Waals surface area contributed by atoms with Gasteiger partial charge >= 0.3 is 5.97 Å². The minimum atomic E-state index is -0.967. The Bertz CT molecular complexity index is 351. The fourth-order valence-corrected chi connectivity index (χ4v) is 1.35. The molecule has 4 heteroatoms. The summed E-state index contributed by atoms with van der Waals surface area (Å²) in [5.74, 6) is -1.24. The molecule has 86 valence electrons. The van der Waals surface area contributed by atoms with Crippen molar-refractivity contribution in [3.05, 3.63) is 42.7 Å². The Balaban J connectivity index is 2.81. The van der Waals surface area contributed by atoms with Crippen LogP contribution in [0.4, 0.5) is 0 Å². The normalized spacial score (nSPS) is 13.9. The average molecular weight is 221 g/mol. The first kappa shape index (κ1) is 12.4. The number of esters is 1. The Labute approximate surface area is 94.6 Å². The molecule has 0 saturated carbocycles. The zero-order valence-electron chi connectivity index (χ0n) is 9.17. The van der Waals surface area contributed by atoms with Gasteiger partial charge in [-0.2, -0.15) is 0 Å². The van der Waals surface area contributed by atoms with Crippen molar-refractivity contribution >= 4 is 5.97 Å². The van der Waals surface area contributed by atoms with Crippen molar-refractivity contribution in [3.8, 4) is 0 Å². The van der Waals surface area contributed by atoms with Gasteiger partial charge in [-0.3, -0.25) is 9.78 Å². The number of carbonyl (C=O) groups excluding carboxylic acids is 1. The van der Waals surface area contributed by atoms with Crippen LogP contribution < -0.4 is 0 Å². The minimum Gasteiger partial charge on any atom is -0.465 e. The lowest BCUT2D eigenvalue weighted by molar-refractivity contribution is -0.149. The SMILES string of the molecule is C=C[C@@H](C(=O)OCC)[C@@H](O)c1cccnc1. The second-order valence-electron chi connectivity index (χ2n) is 3.24. The van der Waals surface area contributed by atoms with Gasteiger partial charge in [0, 0.05) is 12.4 Å². The molecule has 0 aliphatic rings. The van der Waals surface area contributed by atoms with Crippen LogP contribution in [0, 0.1) is 5.92 Å². The lowest BCUT2D eigenvalue weighted by Crippen LogP contribution is -2.22. The topological polar surface area (TPSA) is 59.4 Å². The second kappa shape index (κ2) is 6.02. The van der Waals surface area contributed by atoms with Crippen LogP contribution in [0.1, 0.15) is 18.6 Å². The van der Waals surface area contributed by atoms with E-state index in [4.69, 9.17) is 4.74 Å². The fourth-order valence-electron chi connectivity index (χ4n) is 1.35. The molecule has 0 fully saturated rings. The van der Waals surface area contributed by atoms with Gasteiger partial charge in [0.2, 0.25) is 0 Å². The first-order chi connectivity index (χ1) is 7.70. The van der Waals surface area contributed by atoms with E-state index in [9.17, 15) is 9.90 Å². The molecule has 1 aromatic heterocycles. The van der Waals surface area contributed by atoms with Gasteiger partial charge < -0.3 is 9.84 Å². The smallest absolute Gasteiger partial charge is 0.315 e. The molecular weight excluding hydrogens is 206 g/mol. The van der Waals surface area contributed by atoms with Crippen LogP contribution >= 0.6 is 0 Å². The third-order valence-electron chi connectivity index (χ3n) is 2.18. The Kier molecular flexibility index (Phi) is 4.66. The number of rotatable bonds is 5. The summed E-state index contributed by atoms with van der Waals surface area (Å²) in [6.45, 7) is 5.53. The Morgan fingerprint density at radius 1 is 1.75 bits per heavy atom. The van der Waals surface area contributed by atoms with E-state index in [1.807, 2.05) is 0 Å². The summed E-state index contributed by atoms with van der Waals surface area (Å²) in [4.78, 5) is 15.4. The van der Waals surface area contributed by atoms with Crippen molar-refractivity contribution in [1.82, 2.24) is 4.98 Å². The fraction of sp³-hybridized carbons (Fsp3) is 0.333. The molecule has 1 N–H and O–H groups in total. The van der Waals surface area contributed by atoms with E-state index >= 15 is 0 Å². The van der Waals surface area contributed by atoms with Gasteiger partial charge in [0.05, 0.1) is 12.7 Å². The van der Waals surface area contributed by atoms with Crippen molar-refractivity contribution in [2.24, 2.45) is 5.92 Å². The van der Waals surface area contributed by atoms with E-state index in [0.29, 0.717) is 5.56 Å². The lowest BCUT2D eigenvalue weighted by Gasteiger charge is -2.17. The van der Waals surface area contributed by atoms with E-state index in [1.165, 1.54) is 12.3 Å². The van der Waals surface area contributed by atoms with Gasteiger partial charge in [-0.1, -0.05) is 12.1 Å². The summed E-state index contributed by atoms with van der Waals surface area (Å²) in [6, 6.07) is 3.40. The molecule has 0 amide bonds.